The van der Waals surface area contributed by atoms with Gasteiger partial charge in [0.2, 0.25) is 0 Å². The Morgan fingerprint density at radius 3 is 2.76 bits per heavy atom. The Morgan fingerprint density at radius 1 is 1.10 bits per heavy atom. The lowest BCUT2D eigenvalue weighted by molar-refractivity contribution is -0.384. The van der Waals surface area contributed by atoms with Gasteiger partial charge in [-0.15, -0.1) is 0 Å². The minimum absolute atomic E-state index is 0.0523. The van der Waals surface area contributed by atoms with Gasteiger partial charge in [-0.25, -0.2) is 10.4 Å². The summed E-state index contributed by atoms with van der Waals surface area (Å²) < 4.78 is 5.39. The molecule has 0 spiro atoms. The topological polar surface area (TPSA) is 111 Å². The number of aromatic nitrogens is 1. The monoisotopic (exact) mass is 386 g/mol. The molecule has 8 heteroatoms. The number of pyridine rings is 1. The summed E-state index contributed by atoms with van der Waals surface area (Å²) in [5, 5.41) is 15.5. The predicted octanol–water partition coefficient (Wildman–Crippen LogP) is 4.17. The molecular weight excluding hydrogens is 372 g/mol. The van der Waals surface area contributed by atoms with Gasteiger partial charge < -0.3 is 4.42 Å². The summed E-state index contributed by atoms with van der Waals surface area (Å²) in [5.74, 6) is 0.114. The van der Waals surface area contributed by atoms with Gasteiger partial charge in [-0.2, -0.15) is 5.10 Å². The number of rotatable bonds is 5. The van der Waals surface area contributed by atoms with Gasteiger partial charge in [0.15, 0.2) is 5.76 Å². The smallest absolute Gasteiger partial charge is 0.272 e. The summed E-state index contributed by atoms with van der Waals surface area (Å²) in [6.07, 6.45) is 2.89. The maximum Gasteiger partial charge on any atom is 0.272 e. The summed E-state index contributed by atoms with van der Waals surface area (Å²) in [6.45, 7) is 0. The highest BCUT2D eigenvalue weighted by atomic mass is 16.6. The maximum atomic E-state index is 12.8. The molecule has 0 fully saturated rings. The molecule has 142 valence electrons. The Bertz CT molecular complexity index is 1230. The van der Waals surface area contributed by atoms with E-state index in [9.17, 15) is 14.9 Å². The number of carbonyl (C=O) groups is 1. The van der Waals surface area contributed by atoms with Crippen LogP contribution in [0.15, 0.2) is 82.5 Å². The first-order valence-corrected chi connectivity index (χ1v) is 8.63. The van der Waals surface area contributed by atoms with Crippen LogP contribution in [0.2, 0.25) is 0 Å². The van der Waals surface area contributed by atoms with Crippen LogP contribution in [0.4, 0.5) is 5.69 Å². The van der Waals surface area contributed by atoms with Crippen LogP contribution in [0.1, 0.15) is 15.9 Å². The highest BCUT2D eigenvalue weighted by Crippen LogP contribution is 2.25. The molecule has 0 saturated heterocycles. The van der Waals surface area contributed by atoms with Crippen molar-refractivity contribution < 1.29 is 14.1 Å². The van der Waals surface area contributed by atoms with Crippen LogP contribution in [-0.4, -0.2) is 22.0 Å². The molecule has 0 aliphatic heterocycles. The van der Waals surface area contributed by atoms with Gasteiger partial charge in [0.05, 0.1) is 28.5 Å². The fraction of sp³-hybridized carbons (Fsp3) is 0. The Labute approximate surface area is 164 Å². The second-order valence-corrected chi connectivity index (χ2v) is 6.10. The van der Waals surface area contributed by atoms with Crippen LogP contribution in [-0.2, 0) is 0 Å². The van der Waals surface area contributed by atoms with Gasteiger partial charge >= 0.3 is 0 Å². The van der Waals surface area contributed by atoms with Crippen LogP contribution in [0.3, 0.4) is 0 Å². The third-order valence-corrected chi connectivity index (χ3v) is 4.20. The van der Waals surface area contributed by atoms with Crippen molar-refractivity contribution in [1.29, 1.82) is 0 Å². The number of amides is 1. The number of benzene rings is 2. The van der Waals surface area contributed by atoms with E-state index >= 15 is 0 Å². The summed E-state index contributed by atoms with van der Waals surface area (Å²) in [6, 6.07) is 18.4. The van der Waals surface area contributed by atoms with E-state index in [1.807, 2.05) is 18.2 Å². The minimum atomic E-state index is -0.491. The van der Waals surface area contributed by atoms with Gasteiger partial charge in [-0.3, -0.25) is 14.9 Å². The van der Waals surface area contributed by atoms with Crippen molar-refractivity contribution in [2.24, 2.45) is 5.10 Å². The van der Waals surface area contributed by atoms with Gasteiger partial charge in [-0.05, 0) is 24.3 Å². The zero-order chi connectivity index (χ0) is 20.2. The van der Waals surface area contributed by atoms with Gasteiger partial charge in [0.1, 0.15) is 5.69 Å². The Balaban J connectivity index is 1.63. The first-order valence-electron chi connectivity index (χ1n) is 8.63. The highest BCUT2D eigenvalue weighted by Gasteiger charge is 2.14. The minimum Gasteiger partial charge on any atom is -0.463 e. The van der Waals surface area contributed by atoms with Gasteiger partial charge in [0, 0.05) is 23.1 Å². The van der Waals surface area contributed by atoms with Crippen LogP contribution >= 0.6 is 0 Å². The molecule has 2 aromatic carbocycles. The van der Waals surface area contributed by atoms with E-state index in [2.05, 4.69) is 15.5 Å². The molecule has 0 aliphatic carbocycles. The van der Waals surface area contributed by atoms with Gasteiger partial charge in [0.25, 0.3) is 11.6 Å². The fourth-order valence-electron chi connectivity index (χ4n) is 2.86. The molecule has 2 aromatic heterocycles. The standard InChI is InChI=1S/C21H14N4O4/c26-21(24-22-13-14-5-3-6-15(11-14)25(27)28)17-12-19(20-9-4-10-29-20)23-18-8-2-1-7-16(17)18/h1-13H,(H,24,26)/b22-13-. The molecule has 4 rings (SSSR count). The summed E-state index contributed by atoms with van der Waals surface area (Å²) in [5.41, 5.74) is 4.47. The molecule has 0 bridgehead atoms. The number of hydrogen-bond acceptors (Lipinski definition) is 6. The number of hydrogen-bond donors (Lipinski definition) is 1. The third kappa shape index (κ3) is 3.86. The third-order valence-electron chi connectivity index (χ3n) is 4.20. The summed E-state index contributed by atoms with van der Waals surface area (Å²) in [7, 11) is 0. The summed E-state index contributed by atoms with van der Waals surface area (Å²) in [4.78, 5) is 27.7. The molecular formula is C21H14N4O4. The molecule has 1 amide bonds. The number of nitro groups is 1. The van der Waals surface area contributed by atoms with E-state index in [0.29, 0.717) is 33.5 Å². The van der Waals surface area contributed by atoms with Crippen LogP contribution in [0, 0.1) is 10.1 Å². The molecule has 0 atom stereocenters. The molecule has 0 aliphatic rings. The van der Waals surface area contributed by atoms with Gasteiger partial charge in [-0.1, -0.05) is 30.3 Å². The zero-order valence-electron chi connectivity index (χ0n) is 15.0. The van der Waals surface area contributed by atoms with Crippen molar-refractivity contribution in [3.05, 3.63) is 94.2 Å². The van der Waals surface area contributed by atoms with E-state index in [1.54, 1.807) is 36.4 Å². The Hall–Kier alpha value is -4.33. The van der Waals surface area contributed by atoms with Crippen molar-refractivity contribution in [3.63, 3.8) is 0 Å². The first-order chi connectivity index (χ1) is 14.1. The van der Waals surface area contributed by atoms with Crippen molar-refractivity contribution in [3.8, 4) is 11.5 Å². The lowest BCUT2D eigenvalue weighted by Crippen LogP contribution is -2.18. The molecule has 8 nitrogen and oxygen atoms in total. The van der Waals surface area contributed by atoms with Crippen LogP contribution in [0.5, 0.6) is 0 Å². The number of non-ortho nitro benzene ring substituents is 1. The van der Waals surface area contributed by atoms with Crippen molar-refractivity contribution >= 4 is 28.7 Å². The molecule has 2 heterocycles. The molecule has 29 heavy (non-hydrogen) atoms. The Morgan fingerprint density at radius 2 is 1.97 bits per heavy atom. The van der Waals surface area contributed by atoms with Crippen molar-refractivity contribution in [2.45, 2.75) is 0 Å². The Kier molecular flexibility index (Phi) is 4.81. The maximum absolute atomic E-state index is 12.8. The van der Waals surface area contributed by atoms with E-state index < -0.39 is 10.8 Å². The van der Waals surface area contributed by atoms with E-state index in [4.69, 9.17) is 4.42 Å². The molecule has 1 N–H and O–H groups in total. The number of furan rings is 1. The van der Waals surface area contributed by atoms with Crippen molar-refractivity contribution in [1.82, 2.24) is 10.4 Å². The largest absolute Gasteiger partial charge is 0.463 e. The highest BCUT2D eigenvalue weighted by molar-refractivity contribution is 6.07. The lowest BCUT2D eigenvalue weighted by Gasteiger charge is -2.07. The molecule has 0 saturated carbocycles. The number of hydrazone groups is 1. The SMILES string of the molecule is O=C(N/N=C\c1cccc([N+](=O)[O-])c1)c1cc(-c2ccco2)nc2ccccc12. The number of para-hydroxylation sites is 1. The van der Waals surface area contributed by atoms with E-state index in [-0.39, 0.29) is 5.69 Å². The number of fused-ring (bicyclic) bond motifs is 1. The number of carbonyl (C=O) groups excluding carboxylic acids is 1. The van der Waals surface area contributed by atoms with E-state index in [1.165, 1.54) is 24.6 Å². The summed E-state index contributed by atoms with van der Waals surface area (Å²) >= 11 is 0. The molecule has 0 unspecified atom stereocenters. The van der Waals surface area contributed by atoms with Crippen molar-refractivity contribution in [2.75, 3.05) is 0 Å². The number of nitro benzene ring substituents is 1. The van der Waals surface area contributed by atoms with E-state index in [0.717, 1.165) is 0 Å². The number of nitrogens with one attached hydrogen (secondary N) is 1. The predicted molar refractivity (Wildman–Crippen MR) is 108 cm³/mol. The number of nitrogens with zero attached hydrogens (tertiary/aromatic N) is 3. The zero-order valence-corrected chi connectivity index (χ0v) is 15.0. The molecule has 0 radical (unpaired) electrons. The quantitative estimate of drug-likeness (QED) is 0.314. The second kappa shape index (κ2) is 7.73. The lowest BCUT2D eigenvalue weighted by atomic mass is 10.1. The normalized spacial score (nSPS) is 11.0. The first kappa shape index (κ1) is 18.1. The van der Waals surface area contributed by atoms with Crippen LogP contribution in [0.25, 0.3) is 22.4 Å². The fourth-order valence-corrected chi connectivity index (χ4v) is 2.86. The average Bonchev–Trinajstić information content (AvgIpc) is 3.28. The van der Waals surface area contributed by atoms with Crippen LogP contribution < -0.4 is 5.43 Å². The molecule has 4 aromatic rings. The second-order valence-electron chi connectivity index (χ2n) is 6.10. The average molecular weight is 386 g/mol.